The van der Waals surface area contributed by atoms with Gasteiger partial charge in [0.2, 0.25) is 0 Å². The first-order valence-corrected chi connectivity index (χ1v) is 4.67. The van der Waals surface area contributed by atoms with E-state index in [1.807, 2.05) is 0 Å². The fourth-order valence-electron chi connectivity index (χ4n) is 0.648. The number of halogens is 4. The first kappa shape index (κ1) is 9.13. The van der Waals surface area contributed by atoms with E-state index in [4.69, 9.17) is 0 Å². The highest BCUT2D eigenvalue weighted by atomic mass is 79.9. The van der Waals surface area contributed by atoms with Crippen molar-refractivity contribution in [2.75, 3.05) is 0 Å². The van der Waals surface area contributed by atoms with Crippen molar-refractivity contribution in [2.45, 2.75) is 3.74 Å². The third-order valence-corrected chi connectivity index (χ3v) is 2.25. The van der Waals surface area contributed by atoms with Gasteiger partial charge < -0.3 is 0 Å². The Hall–Kier alpha value is 0.0400. The maximum Gasteiger partial charge on any atom is 0.159 e. The molecule has 0 saturated heterocycles. The summed E-state index contributed by atoms with van der Waals surface area (Å²) in [5.74, 6) is -1.65. The minimum absolute atomic E-state index is 0.134. The van der Waals surface area contributed by atoms with Gasteiger partial charge in [-0.2, -0.15) is 0 Å². The lowest BCUT2D eigenvalue weighted by Gasteiger charge is -2.01. The van der Waals surface area contributed by atoms with Gasteiger partial charge in [0, 0.05) is 0 Å². The maximum atomic E-state index is 12.5. The molecule has 0 aliphatic carbocycles. The largest absolute Gasteiger partial charge is 0.204 e. The highest BCUT2D eigenvalue weighted by Gasteiger charge is 2.06. The molecular formula is C7H4Br2F2. The van der Waals surface area contributed by atoms with Crippen LogP contribution in [-0.2, 0) is 0 Å². The van der Waals surface area contributed by atoms with Crippen LogP contribution in [0.5, 0.6) is 0 Å². The van der Waals surface area contributed by atoms with Crippen molar-refractivity contribution in [3.63, 3.8) is 0 Å². The number of hydrogen-bond donors (Lipinski definition) is 0. The van der Waals surface area contributed by atoms with E-state index in [0.717, 1.165) is 12.1 Å². The normalized spacial score (nSPS) is 10.6. The van der Waals surface area contributed by atoms with Crippen LogP contribution in [0.2, 0.25) is 0 Å². The topological polar surface area (TPSA) is 0 Å². The molecule has 0 aliphatic rings. The second-order valence-corrected chi connectivity index (χ2v) is 5.03. The lowest BCUT2D eigenvalue weighted by Crippen LogP contribution is -1.86. The summed E-state index contributed by atoms with van der Waals surface area (Å²) in [7, 11) is 0. The lowest BCUT2D eigenvalue weighted by atomic mass is 10.2. The van der Waals surface area contributed by atoms with Gasteiger partial charge >= 0.3 is 0 Å². The second-order valence-electron chi connectivity index (χ2n) is 1.97. The Labute approximate surface area is 79.9 Å². The molecule has 0 bridgehead atoms. The smallest absolute Gasteiger partial charge is 0.159 e. The molecule has 0 N–H and O–H groups in total. The van der Waals surface area contributed by atoms with Crippen molar-refractivity contribution in [1.82, 2.24) is 0 Å². The van der Waals surface area contributed by atoms with E-state index in [2.05, 4.69) is 31.9 Å². The van der Waals surface area contributed by atoms with Gasteiger partial charge in [0.15, 0.2) is 11.6 Å². The molecule has 0 nitrogen and oxygen atoms in total. The Morgan fingerprint density at radius 3 is 2.18 bits per heavy atom. The summed E-state index contributed by atoms with van der Waals surface area (Å²) in [6.45, 7) is 0. The van der Waals surface area contributed by atoms with Gasteiger partial charge in [0.05, 0.1) is 3.74 Å². The fraction of sp³-hybridized carbons (Fsp3) is 0.143. The minimum atomic E-state index is -0.827. The van der Waals surface area contributed by atoms with Crippen LogP contribution in [0.1, 0.15) is 9.30 Å². The summed E-state index contributed by atoms with van der Waals surface area (Å²) in [5, 5.41) is 0. The Morgan fingerprint density at radius 1 is 1.09 bits per heavy atom. The van der Waals surface area contributed by atoms with Crippen LogP contribution in [0.3, 0.4) is 0 Å². The van der Waals surface area contributed by atoms with Crippen LogP contribution in [0.4, 0.5) is 8.78 Å². The van der Waals surface area contributed by atoms with Crippen LogP contribution in [-0.4, -0.2) is 0 Å². The molecule has 0 saturated carbocycles. The molecule has 1 rings (SSSR count). The van der Waals surface area contributed by atoms with Gasteiger partial charge in [-0.25, -0.2) is 8.78 Å². The van der Waals surface area contributed by atoms with Crippen molar-refractivity contribution in [3.8, 4) is 0 Å². The van der Waals surface area contributed by atoms with E-state index in [0.29, 0.717) is 5.56 Å². The number of rotatable bonds is 1. The SMILES string of the molecule is Fc1ccc(C(Br)Br)cc1F. The maximum absolute atomic E-state index is 12.5. The molecule has 4 heteroatoms. The van der Waals surface area contributed by atoms with Crippen molar-refractivity contribution in [1.29, 1.82) is 0 Å². The van der Waals surface area contributed by atoms with E-state index >= 15 is 0 Å². The molecule has 0 aliphatic heterocycles. The van der Waals surface area contributed by atoms with Crippen LogP contribution in [0, 0.1) is 11.6 Å². The van der Waals surface area contributed by atoms with E-state index in [9.17, 15) is 8.78 Å². The van der Waals surface area contributed by atoms with Crippen molar-refractivity contribution >= 4 is 31.9 Å². The number of benzene rings is 1. The predicted molar refractivity (Wildman–Crippen MR) is 47.0 cm³/mol. The molecule has 0 amide bonds. The van der Waals surface area contributed by atoms with Crippen molar-refractivity contribution in [3.05, 3.63) is 35.4 Å². The summed E-state index contributed by atoms with van der Waals surface area (Å²) in [6, 6.07) is 3.75. The Balaban J connectivity index is 3.05. The fourth-order valence-corrected chi connectivity index (χ4v) is 1.22. The zero-order chi connectivity index (χ0) is 8.43. The Morgan fingerprint density at radius 2 is 1.73 bits per heavy atom. The molecule has 11 heavy (non-hydrogen) atoms. The third-order valence-electron chi connectivity index (χ3n) is 1.20. The first-order valence-electron chi connectivity index (χ1n) is 2.84. The Kier molecular flexibility index (Phi) is 3.01. The number of alkyl halides is 2. The summed E-state index contributed by atoms with van der Waals surface area (Å²) >= 11 is 6.34. The third kappa shape index (κ3) is 2.24. The van der Waals surface area contributed by atoms with Crippen LogP contribution < -0.4 is 0 Å². The summed E-state index contributed by atoms with van der Waals surface area (Å²) in [4.78, 5) is 0. The van der Waals surface area contributed by atoms with E-state index < -0.39 is 11.6 Å². The Bertz CT molecular complexity index is 261. The first-order chi connectivity index (χ1) is 5.11. The summed E-state index contributed by atoms with van der Waals surface area (Å²) in [6.07, 6.45) is 0. The van der Waals surface area contributed by atoms with Gasteiger partial charge in [0.1, 0.15) is 0 Å². The number of hydrogen-bond acceptors (Lipinski definition) is 0. The standard InChI is InChI=1S/C7H4Br2F2/c8-7(9)4-1-2-5(10)6(11)3-4/h1-3,7H. The van der Waals surface area contributed by atoms with Crippen LogP contribution in [0.25, 0.3) is 0 Å². The molecule has 1 aromatic rings. The van der Waals surface area contributed by atoms with Gasteiger partial charge in [-0.05, 0) is 17.7 Å². The molecule has 1 aromatic carbocycles. The quantitative estimate of drug-likeness (QED) is 0.690. The van der Waals surface area contributed by atoms with Crippen molar-refractivity contribution in [2.24, 2.45) is 0 Å². The minimum Gasteiger partial charge on any atom is -0.204 e. The summed E-state index contributed by atoms with van der Waals surface area (Å²) < 4.78 is 24.7. The molecule has 0 fully saturated rings. The average molecular weight is 286 g/mol. The summed E-state index contributed by atoms with van der Waals surface area (Å²) in [5.41, 5.74) is 0.656. The zero-order valence-electron chi connectivity index (χ0n) is 5.32. The molecular weight excluding hydrogens is 282 g/mol. The van der Waals surface area contributed by atoms with E-state index in [1.165, 1.54) is 6.07 Å². The van der Waals surface area contributed by atoms with Gasteiger partial charge in [0.25, 0.3) is 0 Å². The molecule has 0 atom stereocenters. The lowest BCUT2D eigenvalue weighted by molar-refractivity contribution is 0.507. The zero-order valence-corrected chi connectivity index (χ0v) is 8.49. The van der Waals surface area contributed by atoms with Crippen LogP contribution in [0.15, 0.2) is 18.2 Å². The van der Waals surface area contributed by atoms with Gasteiger partial charge in [-0.3, -0.25) is 0 Å². The molecule has 0 radical (unpaired) electrons. The van der Waals surface area contributed by atoms with Gasteiger partial charge in [-0.1, -0.05) is 37.9 Å². The van der Waals surface area contributed by atoms with Crippen molar-refractivity contribution < 1.29 is 8.78 Å². The van der Waals surface area contributed by atoms with Gasteiger partial charge in [-0.15, -0.1) is 0 Å². The molecule has 0 spiro atoms. The molecule has 0 aromatic heterocycles. The van der Waals surface area contributed by atoms with E-state index in [1.54, 1.807) is 0 Å². The molecule has 60 valence electrons. The molecule has 0 heterocycles. The predicted octanol–water partition coefficient (Wildman–Crippen LogP) is 3.75. The second kappa shape index (κ2) is 3.63. The highest BCUT2D eigenvalue weighted by Crippen LogP contribution is 2.29. The average Bonchev–Trinajstić information content (AvgIpc) is 1.94. The highest BCUT2D eigenvalue weighted by molar-refractivity contribution is 9.24. The molecule has 0 unspecified atom stereocenters. The monoisotopic (exact) mass is 284 g/mol. The van der Waals surface area contributed by atoms with Crippen LogP contribution >= 0.6 is 31.9 Å². The van der Waals surface area contributed by atoms with E-state index in [-0.39, 0.29) is 3.74 Å².